The van der Waals surface area contributed by atoms with Gasteiger partial charge in [0.05, 0.1) is 11.6 Å². The van der Waals surface area contributed by atoms with Gasteiger partial charge in [0.1, 0.15) is 0 Å². The molecule has 2 aromatic carbocycles. The van der Waals surface area contributed by atoms with Crippen LogP contribution in [0, 0.1) is 11.3 Å². The third kappa shape index (κ3) is 4.25. The molecule has 96 valence electrons. The fourth-order valence-corrected chi connectivity index (χ4v) is 2.39. The number of benzene rings is 2. The lowest BCUT2D eigenvalue weighted by atomic mass is 10.1. The van der Waals surface area contributed by atoms with Gasteiger partial charge in [-0.05, 0) is 41.5 Å². The summed E-state index contributed by atoms with van der Waals surface area (Å²) in [5.74, 6) is 0. The van der Waals surface area contributed by atoms with Gasteiger partial charge < -0.3 is 5.32 Å². The van der Waals surface area contributed by atoms with Crippen LogP contribution in [0.25, 0.3) is 0 Å². The lowest BCUT2D eigenvalue weighted by molar-refractivity contribution is 0.693. The molecule has 2 aromatic rings. The quantitative estimate of drug-likeness (QED) is 0.918. The molecule has 0 saturated heterocycles. The Balaban J connectivity index is 1.94. The Hall–Kier alpha value is -1.53. The molecule has 0 aliphatic carbocycles. The molecule has 0 saturated carbocycles. The van der Waals surface area contributed by atoms with Gasteiger partial charge in [0.15, 0.2) is 0 Å². The summed E-state index contributed by atoms with van der Waals surface area (Å²) in [5, 5.41) is 13.4. The summed E-state index contributed by atoms with van der Waals surface area (Å²) in [7, 11) is 0. The van der Waals surface area contributed by atoms with Gasteiger partial charge in [0.2, 0.25) is 0 Å². The minimum atomic E-state index is 0.635. The highest BCUT2D eigenvalue weighted by atomic mass is 35.5. The molecule has 0 fully saturated rings. The summed E-state index contributed by atoms with van der Waals surface area (Å²) in [6.45, 7) is 1.37. The van der Waals surface area contributed by atoms with E-state index in [1.54, 1.807) is 12.1 Å². The molecule has 2 nitrogen and oxygen atoms in total. The van der Waals surface area contributed by atoms with Crippen molar-refractivity contribution < 1.29 is 0 Å². The second-order valence-electron chi connectivity index (χ2n) is 4.19. The van der Waals surface area contributed by atoms with Crippen LogP contribution in [-0.4, -0.2) is 0 Å². The van der Waals surface area contributed by atoms with Gasteiger partial charge in [0, 0.05) is 23.1 Å². The van der Waals surface area contributed by atoms with E-state index in [9.17, 15) is 0 Å². The van der Waals surface area contributed by atoms with E-state index in [1.165, 1.54) is 0 Å². The first-order valence-electron chi connectivity index (χ1n) is 5.82. The molecule has 0 bridgehead atoms. The van der Waals surface area contributed by atoms with Crippen LogP contribution in [0.2, 0.25) is 10.0 Å². The molecule has 19 heavy (non-hydrogen) atoms. The molecule has 4 heteroatoms. The zero-order chi connectivity index (χ0) is 13.7. The molecule has 0 spiro atoms. The maximum atomic E-state index is 8.83. The lowest BCUT2D eigenvalue weighted by Gasteiger charge is -2.06. The third-order valence-corrected chi connectivity index (χ3v) is 3.07. The smallest absolute Gasteiger partial charge is 0.0991 e. The number of halogens is 2. The Kier molecular flexibility index (Phi) is 4.81. The van der Waals surface area contributed by atoms with Crippen LogP contribution in [0.15, 0.2) is 42.5 Å². The number of hydrogen-bond donors (Lipinski definition) is 1. The van der Waals surface area contributed by atoms with Crippen LogP contribution in [0.1, 0.15) is 16.7 Å². The second-order valence-corrected chi connectivity index (χ2v) is 5.07. The van der Waals surface area contributed by atoms with E-state index in [0.29, 0.717) is 28.7 Å². The van der Waals surface area contributed by atoms with E-state index in [-0.39, 0.29) is 0 Å². The number of nitrogens with one attached hydrogen (secondary N) is 1. The van der Waals surface area contributed by atoms with Gasteiger partial charge in [-0.2, -0.15) is 5.26 Å². The molecule has 0 aromatic heterocycles. The van der Waals surface area contributed by atoms with E-state index >= 15 is 0 Å². The fraction of sp³-hybridized carbons (Fsp3) is 0.133. The molecule has 0 aliphatic heterocycles. The predicted molar refractivity (Wildman–Crippen MR) is 78.2 cm³/mol. The molecule has 2 rings (SSSR count). The van der Waals surface area contributed by atoms with Gasteiger partial charge in [-0.25, -0.2) is 0 Å². The SMILES string of the molecule is N#Cc1cccc(CNCc2cc(Cl)cc(Cl)c2)c1. The Bertz CT molecular complexity index is 598. The molecule has 0 heterocycles. The minimum absolute atomic E-state index is 0.635. The van der Waals surface area contributed by atoms with Crippen molar-refractivity contribution in [1.82, 2.24) is 5.32 Å². The average molecular weight is 291 g/mol. The zero-order valence-electron chi connectivity index (χ0n) is 10.2. The largest absolute Gasteiger partial charge is 0.309 e. The lowest BCUT2D eigenvalue weighted by Crippen LogP contribution is -2.12. The Morgan fingerprint density at radius 2 is 1.63 bits per heavy atom. The molecular formula is C15H12Cl2N2. The number of nitriles is 1. The van der Waals surface area contributed by atoms with Gasteiger partial charge >= 0.3 is 0 Å². The topological polar surface area (TPSA) is 35.8 Å². The first-order chi connectivity index (χ1) is 9.17. The van der Waals surface area contributed by atoms with Crippen LogP contribution in [-0.2, 0) is 13.1 Å². The summed E-state index contributed by atoms with van der Waals surface area (Å²) < 4.78 is 0. The van der Waals surface area contributed by atoms with E-state index < -0.39 is 0 Å². The fourth-order valence-electron chi connectivity index (χ4n) is 1.82. The molecular weight excluding hydrogens is 279 g/mol. The number of hydrogen-bond acceptors (Lipinski definition) is 2. The summed E-state index contributed by atoms with van der Waals surface area (Å²) in [5.41, 5.74) is 2.78. The van der Waals surface area contributed by atoms with Gasteiger partial charge in [0.25, 0.3) is 0 Å². The van der Waals surface area contributed by atoms with Crippen molar-refractivity contribution in [2.24, 2.45) is 0 Å². The van der Waals surface area contributed by atoms with Crippen LogP contribution in [0.5, 0.6) is 0 Å². The molecule has 0 aliphatic rings. The van der Waals surface area contributed by atoms with Crippen molar-refractivity contribution in [3.05, 3.63) is 69.2 Å². The second kappa shape index (κ2) is 6.58. The van der Waals surface area contributed by atoms with E-state index in [0.717, 1.165) is 11.1 Å². The Morgan fingerprint density at radius 3 is 2.32 bits per heavy atom. The van der Waals surface area contributed by atoms with Gasteiger partial charge in [-0.3, -0.25) is 0 Å². The van der Waals surface area contributed by atoms with Crippen molar-refractivity contribution in [1.29, 1.82) is 5.26 Å². The predicted octanol–water partition coefficient (Wildman–Crippen LogP) is 4.15. The van der Waals surface area contributed by atoms with Crippen molar-refractivity contribution in [2.75, 3.05) is 0 Å². The average Bonchev–Trinajstić information content (AvgIpc) is 2.38. The summed E-state index contributed by atoms with van der Waals surface area (Å²) in [6, 6.07) is 15.1. The van der Waals surface area contributed by atoms with E-state index in [1.807, 2.05) is 30.3 Å². The van der Waals surface area contributed by atoms with E-state index in [4.69, 9.17) is 28.5 Å². The van der Waals surface area contributed by atoms with Crippen molar-refractivity contribution in [3.8, 4) is 6.07 Å². The number of nitrogens with zero attached hydrogens (tertiary/aromatic N) is 1. The molecule has 1 N–H and O–H groups in total. The van der Waals surface area contributed by atoms with Gasteiger partial charge in [-0.1, -0.05) is 35.3 Å². The van der Waals surface area contributed by atoms with Crippen LogP contribution in [0.3, 0.4) is 0 Å². The summed E-state index contributed by atoms with van der Waals surface area (Å²) >= 11 is 11.9. The van der Waals surface area contributed by atoms with Crippen molar-refractivity contribution in [3.63, 3.8) is 0 Å². The van der Waals surface area contributed by atoms with Crippen LogP contribution in [0.4, 0.5) is 0 Å². The molecule has 0 radical (unpaired) electrons. The van der Waals surface area contributed by atoms with Crippen molar-refractivity contribution >= 4 is 23.2 Å². The maximum Gasteiger partial charge on any atom is 0.0991 e. The monoisotopic (exact) mass is 290 g/mol. The van der Waals surface area contributed by atoms with E-state index in [2.05, 4.69) is 11.4 Å². The summed E-state index contributed by atoms with van der Waals surface area (Å²) in [6.07, 6.45) is 0. The molecule has 0 amide bonds. The zero-order valence-corrected chi connectivity index (χ0v) is 11.7. The normalized spacial score (nSPS) is 10.2. The first-order valence-corrected chi connectivity index (χ1v) is 6.58. The highest BCUT2D eigenvalue weighted by Crippen LogP contribution is 2.19. The third-order valence-electron chi connectivity index (χ3n) is 2.64. The summed E-state index contributed by atoms with van der Waals surface area (Å²) in [4.78, 5) is 0. The molecule has 0 unspecified atom stereocenters. The first kappa shape index (κ1) is 13.9. The van der Waals surface area contributed by atoms with Gasteiger partial charge in [-0.15, -0.1) is 0 Å². The molecule has 0 atom stereocenters. The maximum absolute atomic E-state index is 8.83. The standard InChI is InChI=1S/C15H12Cl2N2/c16-14-5-13(6-15(17)7-14)10-19-9-12-3-1-2-11(4-12)8-18/h1-7,19H,9-10H2. The van der Waals surface area contributed by atoms with Crippen LogP contribution < -0.4 is 5.32 Å². The van der Waals surface area contributed by atoms with Crippen molar-refractivity contribution in [2.45, 2.75) is 13.1 Å². The minimum Gasteiger partial charge on any atom is -0.309 e. The Morgan fingerprint density at radius 1 is 0.947 bits per heavy atom. The highest BCUT2D eigenvalue weighted by Gasteiger charge is 1.99. The Labute approximate surface area is 122 Å². The van der Waals surface area contributed by atoms with Crippen LogP contribution >= 0.6 is 23.2 Å². The highest BCUT2D eigenvalue weighted by molar-refractivity contribution is 6.34. The number of rotatable bonds is 4.